The summed E-state index contributed by atoms with van der Waals surface area (Å²) >= 11 is 5.87. The van der Waals surface area contributed by atoms with Crippen molar-refractivity contribution in [2.24, 2.45) is 5.73 Å². The molecule has 0 heterocycles. The number of nitrogens with two attached hydrogens (primary N) is 1. The molecule has 0 unspecified atom stereocenters. The standard InChI is InChI=1S/C16H17ClFNO2/c1-20-14-4-2-11(6-7-19)16(9-14)21-10-12-8-13(17)3-5-15(12)18/h2-5,8-9H,6-7,10,19H2,1H3. The molecule has 0 amide bonds. The zero-order valence-corrected chi connectivity index (χ0v) is 12.5. The zero-order chi connectivity index (χ0) is 15.2. The first-order valence-corrected chi connectivity index (χ1v) is 6.95. The van der Waals surface area contributed by atoms with Crippen LogP contribution in [0.15, 0.2) is 36.4 Å². The van der Waals surface area contributed by atoms with E-state index in [0.29, 0.717) is 35.1 Å². The van der Waals surface area contributed by atoms with E-state index in [9.17, 15) is 4.39 Å². The maximum absolute atomic E-state index is 13.7. The molecule has 2 rings (SSSR count). The van der Waals surface area contributed by atoms with Crippen molar-refractivity contribution in [2.75, 3.05) is 13.7 Å². The average molecular weight is 310 g/mol. The third-order valence-corrected chi connectivity index (χ3v) is 3.31. The van der Waals surface area contributed by atoms with Gasteiger partial charge in [0.25, 0.3) is 0 Å². The quantitative estimate of drug-likeness (QED) is 0.887. The van der Waals surface area contributed by atoms with Crippen molar-refractivity contribution < 1.29 is 13.9 Å². The Morgan fingerprint density at radius 2 is 1.95 bits per heavy atom. The SMILES string of the molecule is COc1ccc(CCN)c(OCc2cc(Cl)ccc2F)c1. The molecule has 0 aliphatic carbocycles. The summed E-state index contributed by atoms with van der Waals surface area (Å²) in [4.78, 5) is 0. The fraction of sp³-hybridized carbons (Fsp3) is 0.250. The van der Waals surface area contributed by atoms with E-state index in [1.54, 1.807) is 19.2 Å². The van der Waals surface area contributed by atoms with Gasteiger partial charge in [-0.15, -0.1) is 0 Å². The fourth-order valence-corrected chi connectivity index (χ4v) is 2.16. The Balaban J connectivity index is 2.19. The van der Waals surface area contributed by atoms with Crippen molar-refractivity contribution in [1.82, 2.24) is 0 Å². The van der Waals surface area contributed by atoms with Crippen LogP contribution < -0.4 is 15.2 Å². The fourth-order valence-electron chi connectivity index (χ4n) is 1.97. The highest BCUT2D eigenvalue weighted by Crippen LogP contribution is 2.26. The number of benzene rings is 2. The number of hydrogen-bond donors (Lipinski definition) is 1. The molecule has 0 saturated carbocycles. The first kappa shape index (κ1) is 15.6. The lowest BCUT2D eigenvalue weighted by molar-refractivity contribution is 0.294. The summed E-state index contributed by atoms with van der Waals surface area (Å²) in [6.07, 6.45) is 0.678. The van der Waals surface area contributed by atoms with Crippen molar-refractivity contribution in [2.45, 2.75) is 13.0 Å². The third-order valence-electron chi connectivity index (χ3n) is 3.08. The van der Waals surface area contributed by atoms with Crippen LogP contribution >= 0.6 is 11.6 Å². The first-order chi connectivity index (χ1) is 10.1. The molecule has 21 heavy (non-hydrogen) atoms. The first-order valence-electron chi connectivity index (χ1n) is 6.57. The molecule has 2 N–H and O–H groups in total. The maximum atomic E-state index is 13.7. The molecule has 0 fully saturated rings. The summed E-state index contributed by atoms with van der Waals surface area (Å²) in [6.45, 7) is 0.603. The van der Waals surface area contributed by atoms with Gasteiger partial charge in [-0.3, -0.25) is 0 Å². The van der Waals surface area contributed by atoms with Gasteiger partial charge < -0.3 is 15.2 Å². The van der Waals surface area contributed by atoms with Gasteiger partial charge in [-0.05, 0) is 42.8 Å². The topological polar surface area (TPSA) is 44.5 Å². The van der Waals surface area contributed by atoms with Crippen molar-refractivity contribution in [3.05, 3.63) is 58.4 Å². The molecule has 112 valence electrons. The van der Waals surface area contributed by atoms with Crippen LogP contribution in [0, 0.1) is 5.82 Å². The highest BCUT2D eigenvalue weighted by Gasteiger charge is 2.08. The number of ether oxygens (including phenoxy) is 2. The number of hydrogen-bond acceptors (Lipinski definition) is 3. The average Bonchev–Trinajstić information content (AvgIpc) is 2.49. The van der Waals surface area contributed by atoms with Crippen LogP contribution in [0.3, 0.4) is 0 Å². The highest BCUT2D eigenvalue weighted by molar-refractivity contribution is 6.30. The molecule has 0 bridgehead atoms. The van der Waals surface area contributed by atoms with E-state index in [1.807, 2.05) is 12.1 Å². The predicted molar refractivity (Wildman–Crippen MR) is 81.5 cm³/mol. The molecule has 0 atom stereocenters. The molecular weight excluding hydrogens is 293 g/mol. The van der Waals surface area contributed by atoms with Crippen LogP contribution in [0.4, 0.5) is 4.39 Å². The van der Waals surface area contributed by atoms with Gasteiger partial charge in [0, 0.05) is 16.7 Å². The van der Waals surface area contributed by atoms with Crippen LogP contribution in [-0.2, 0) is 13.0 Å². The summed E-state index contributed by atoms with van der Waals surface area (Å²) in [7, 11) is 1.58. The molecule has 3 nitrogen and oxygen atoms in total. The van der Waals surface area contributed by atoms with E-state index in [1.165, 1.54) is 12.1 Å². The minimum absolute atomic E-state index is 0.0944. The summed E-state index contributed by atoms with van der Waals surface area (Å²) in [5, 5.41) is 0.475. The second kappa shape index (κ2) is 7.29. The van der Waals surface area contributed by atoms with Crippen molar-refractivity contribution in [1.29, 1.82) is 0 Å². The minimum Gasteiger partial charge on any atom is -0.497 e. The van der Waals surface area contributed by atoms with E-state index >= 15 is 0 Å². The van der Waals surface area contributed by atoms with E-state index in [4.69, 9.17) is 26.8 Å². The molecule has 0 aromatic heterocycles. The van der Waals surface area contributed by atoms with Crippen molar-refractivity contribution in [3.8, 4) is 11.5 Å². The minimum atomic E-state index is -0.345. The lowest BCUT2D eigenvalue weighted by atomic mass is 10.1. The van der Waals surface area contributed by atoms with Gasteiger partial charge in [0.05, 0.1) is 7.11 Å². The summed E-state index contributed by atoms with van der Waals surface area (Å²) in [5.41, 5.74) is 6.95. The normalized spacial score (nSPS) is 10.5. The second-order valence-electron chi connectivity index (χ2n) is 4.54. The third kappa shape index (κ3) is 4.09. The van der Waals surface area contributed by atoms with Crippen LogP contribution in [0.1, 0.15) is 11.1 Å². The largest absolute Gasteiger partial charge is 0.497 e. The van der Waals surface area contributed by atoms with Gasteiger partial charge in [-0.2, -0.15) is 0 Å². The second-order valence-corrected chi connectivity index (χ2v) is 4.97. The Kier molecular flexibility index (Phi) is 5.42. The molecule has 5 heteroatoms. The molecule has 2 aromatic rings. The smallest absolute Gasteiger partial charge is 0.129 e. The van der Waals surface area contributed by atoms with Crippen LogP contribution in [-0.4, -0.2) is 13.7 Å². The van der Waals surface area contributed by atoms with Gasteiger partial charge >= 0.3 is 0 Å². The van der Waals surface area contributed by atoms with Gasteiger partial charge in [0.2, 0.25) is 0 Å². The molecule has 0 saturated heterocycles. The Bertz CT molecular complexity index is 619. The monoisotopic (exact) mass is 309 g/mol. The van der Waals surface area contributed by atoms with Crippen molar-refractivity contribution in [3.63, 3.8) is 0 Å². The lowest BCUT2D eigenvalue weighted by Crippen LogP contribution is -2.06. The van der Waals surface area contributed by atoms with Crippen LogP contribution in [0.2, 0.25) is 5.02 Å². The Hall–Kier alpha value is -1.78. The van der Waals surface area contributed by atoms with Crippen molar-refractivity contribution >= 4 is 11.6 Å². The summed E-state index contributed by atoms with van der Waals surface area (Å²) in [5.74, 6) is 0.971. The molecule has 2 aromatic carbocycles. The van der Waals surface area contributed by atoms with Gasteiger partial charge in [0.1, 0.15) is 23.9 Å². The zero-order valence-electron chi connectivity index (χ0n) is 11.7. The van der Waals surface area contributed by atoms with Crippen LogP contribution in [0.25, 0.3) is 0 Å². The Labute approximate surface area is 128 Å². The van der Waals surface area contributed by atoms with Gasteiger partial charge in [0.15, 0.2) is 0 Å². The maximum Gasteiger partial charge on any atom is 0.129 e. The number of rotatable bonds is 6. The molecular formula is C16H17ClFNO2. The Morgan fingerprint density at radius 3 is 2.67 bits per heavy atom. The van der Waals surface area contributed by atoms with E-state index < -0.39 is 0 Å². The van der Waals surface area contributed by atoms with E-state index in [2.05, 4.69) is 0 Å². The van der Waals surface area contributed by atoms with Crippen LogP contribution in [0.5, 0.6) is 11.5 Å². The summed E-state index contributed by atoms with van der Waals surface area (Å²) in [6, 6.07) is 9.90. The van der Waals surface area contributed by atoms with Gasteiger partial charge in [-0.1, -0.05) is 17.7 Å². The lowest BCUT2D eigenvalue weighted by Gasteiger charge is -2.13. The number of halogens is 2. The predicted octanol–water partition coefficient (Wildman–Crippen LogP) is 3.57. The Morgan fingerprint density at radius 1 is 1.14 bits per heavy atom. The molecule has 0 spiro atoms. The highest BCUT2D eigenvalue weighted by atomic mass is 35.5. The molecule has 0 radical (unpaired) electrons. The summed E-state index contributed by atoms with van der Waals surface area (Å²) < 4.78 is 24.6. The number of methoxy groups -OCH3 is 1. The van der Waals surface area contributed by atoms with Gasteiger partial charge in [-0.25, -0.2) is 4.39 Å². The molecule has 0 aliphatic heterocycles. The van der Waals surface area contributed by atoms with E-state index in [-0.39, 0.29) is 12.4 Å². The molecule has 0 aliphatic rings. The van der Waals surface area contributed by atoms with E-state index in [0.717, 1.165) is 5.56 Å².